The maximum absolute atomic E-state index is 9.92. The summed E-state index contributed by atoms with van der Waals surface area (Å²) in [7, 11) is 4.34. The van der Waals surface area contributed by atoms with Crippen LogP contribution in [0.1, 0.15) is 84.5 Å². The van der Waals surface area contributed by atoms with E-state index in [2.05, 4.69) is 21.0 Å². The monoisotopic (exact) mass is 315 g/mol. The molecule has 0 heterocycles. The van der Waals surface area contributed by atoms with Gasteiger partial charge in [0.1, 0.15) is 12.6 Å². The van der Waals surface area contributed by atoms with Crippen LogP contribution in [0.3, 0.4) is 0 Å². The zero-order valence-electron chi connectivity index (χ0n) is 15.6. The second-order valence-corrected chi connectivity index (χ2v) is 7.62. The summed E-state index contributed by atoms with van der Waals surface area (Å²) in [5.41, 5.74) is 0. The van der Waals surface area contributed by atoms with Crippen molar-refractivity contribution in [3.63, 3.8) is 0 Å². The Bertz CT molecular complexity index is 242. The van der Waals surface area contributed by atoms with Crippen molar-refractivity contribution in [2.75, 3.05) is 27.2 Å². The number of rotatable bonds is 15. The molecule has 0 aliphatic heterocycles. The van der Waals surface area contributed by atoms with Gasteiger partial charge in [-0.1, -0.05) is 58.3 Å². The molecule has 0 aliphatic carbocycles. The summed E-state index contributed by atoms with van der Waals surface area (Å²) in [5, 5.41) is 19.2. The van der Waals surface area contributed by atoms with E-state index in [1.807, 2.05) is 0 Å². The number of nitrogens with zero attached hydrogens (tertiary/aromatic N) is 1. The fourth-order valence-corrected chi connectivity index (χ4v) is 3.09. The van der Waals surface area contributed by atoms with Gasteiger partial charge in [-0.3, -0.25) is 0 Å². The zero-order valence-corrected chi connectivity index (χ0v) is 15.6. The molecule has 1 radical (unpaired) electrons. The van der Waals surface area contributed by atoms with Crippen LogP contribution in [0.2, 0.25) is 0 Å². The average molecular weight is 316 g/mol. The van der Waals surface area contributed by atoms with Crippen molar-refractivity contribution >= 4 is 0 Å². The number of aliphatic hydroxyl groups is 2. The molecule has 1 atom stereocenters. The molecule has 1 unspecified atom stereocenters. The molecule has 0 fully saturated rings. The predicted octanol–water partition coefficient (Wildman–Crippen LogP) is 4.66. The van der Waals surface area contributed by atoms with Crippen molar-refractivity contribution < 1.29 is 14.7 Å². The van der Waals surface area contributed by atoms with Crippen molar-refractivity contribution in [3.05, 3.63) is 6.10 Å². The maximum atomic E-state index is 9.92. The van der Waals surface area contributed by atoms with E-state index < -0.39 is 6.10 Å². The van der Waals surface area contributed by atoms with E-state index in [-0.39, 0.29) is 0 Å². The first kappa shape index (κ1) is 21.9. The minimum atomic E-state index is -0.428. The smallest absolute Gasteiger partial charge is 0.106 e. The first-order valence-electron chi connectivity index (χ1n) is 9.39. The van der Waals surface area contributed by atoms with Gasteiger partial charge < -0.3 is 14.7 Å². The highest BCUT2D eigenvalue weighted by Gasteiger charge is 2.21. The van der Waals surface area contributed by atoms with Gasteiger partial charge in [0.15, 0.2) is 0 Å². The summed E-state index contributed by atoms with van der Waals surface area (Å²) < 4.78 is 0.839. The highest BCUT2D eigenvalue weighted by Crippen LogP contribution is 2.13. The van der Waals surface area contributed by atoms with Crippen molar-refractivity contribution in [2.45, 2.75) is 90.6 Å². The molecule has 0 spiro atoms. The fourth-order valence-electron chi connectivity index (χ4n) is 3.09. The third-order valence-electron chi connectivity index (χ3n) is 4.35. The largest absolute Gasteiger partial charge is 0.387 e. The Morgan fingerprint density at radius 1 is 0.864 bits per heavy atom. The highest BCUT2D eigenvalue weighted by atomic mass is 16.3. The van der Waals surface area contributed by atoms with Crippen molar-refractivity contribution in [1.82, 2.24) is 0 Å². The van der Waals surface area contributed by atoms with E-state index in [1.165, 1.54) is 64.2 Å². The Hall–Kier alpha value is -0.120. The summed E-state index contributed by atoms with van der Waals surface area (Å²) in [4.78, 5) is 0. The molecule has 2 N–H and O–H groups in total. The summed E-state index contributed by atoms with van der Waals surface area (Å²) >= 11 is 0. The Morgan fingerprint density at radius 3 is 1.77 bits per heavy atom. The SMILES string of the molecule is CCCCCCCCCCCC[N+](C)(C)CC(O)C[C](C)O. The van der Waals surface area contributed by atoms with E-state index in [1.54, 1.807) is 6.92 Å². The molecule has 0 aromatic carbocycles. The predicted molar refractivity (Wildman–Crippen MR) is 95.2 cm³/mol. The lowest BCUT2D eigenvalue weighted by Gasteiger charge is -2.32. The van der Waals surface area contributed by atoms with Crippen LogP contribution in [0.25, 0.3) is 0 Å². The van der Waals surface area contributed by atoms with Gasteiger partial charge in [-0.15, -0.1) is 0 Å². The van der Waals surface area contributed by atoms with Crippen molar-refractivity contribution in [1.29, 1.82) is 0 Å². The number of likely N-dealkylation sites (N-methyl/N-ethyl adjacent to an activating group) is 1. The number of hydrogen-bond donors (Lipinski definition) is 2. The molecule has 0 aromatic rings. The van der Waals surface area contributed by atoms with Crippen molar-refractivity contribution in [3.8, 4) is 0 Å². The van der Waals surface area contributed by atoms with Crippen LogP contribution in [0.15, 0.2) is 0 Å². The molecule has 3 heteroatoms. The molecule has 0 aliphatic rings. The third-order valence-corrected chi connectivity index (χ3v) is 4.35. The van der Waals surface area contributed by atoms with Crippen LogP contribution in [-0.4, -0.2) is 48.0 Å². The number of unbranched alkanes of at least 4 members (excludes halogenated alkanes) is 9. The van der Waals surface area contributed by atoms with E-state index in [0.717, 1.165) is 17.6 Å². The lowest BCUT2D eigenvalue weighted by molar-refractivity contribution is -0.893. The van der Waals surface area contributed by atoms with Gasteiger partial charge >= 0.3 is 0 Å². The number of hydrogen-bond acceptors (Lipinski definition) is 2. The normalized spacial score (nSPS) is 13.8. The number of quaternary nitrogens is 1. The molecule has 22 heavy (non-hydrogen) atoms. The van der Waals surface area contributed by atoms with Gasteiger partial charge in [-0.05, 0) is 19.8 Å². The van der Waals surface area contributed by atoms with Crippen LogP contribution in [0.5, 0.6) is 0 Å². The first-order valence-corrected chi connectivity index (χ1v) is 9.39. The Balaban J connectivity index is 3.48. The zero-order chi connectivity index (χ0) is 16.8. The van der Waals surface area contributed by atoms with Crippen LogP contribution in [0.4, 0.5) is 0 Å². The Morgan fingerprint density at radius 2 is 1.32 bits per heavy atom. The summed E-state index contributed by atoms with van der Waals surface area (Å²) in [5.74, 6) is 0. The van der Waals surface area contributed by atoms with Crippen LogP contribution in [-0.2, 0) is 0 Å². The van der Waals surface area contributed by atoms with Gasteiger partial charge in [-0.25, -0.2) is 0 Å². The van der Waals surface area contributed by atoms with E-state index in [9.17, 15) is 10.2 Å². The van der Waals surface area contributed by atoms with Gasteiger partial charge in [-0.2, -0.15) is 0 Å². The molecule has 0 saturated carbocycles. The van der Waals surface area contributed by atoms with Crippen LogP contribution in [0, 0.1) is 6.10 Å². The van der Waals surface area contributed by atoms with Crippen LogP contribution < -0.4 is 0 Å². The molecule has 133 valence electrons. The lowest BCUT2D eigenvalue weighted by atomic mass is 10.1. The quantitative estimate of drug-likeness (QED) is 0.341. The molecule has 0 saturated heterocycles. The van der Waals surface area contributed by atoms with Gasteiger partial charge in [0.2, 0.25) is 0 Å². The summed E-state index contributed by atoms with van der Waals surface area (Å²) in [6.45, 7) is 5.75. The molecule has 3 nitrogen and oxygen atoms in total. The number of aliphatic hydroxyl groups excluding tert-OH is 2. The second-order valence-electron chi connectivity index (χ2n) is 7.62. The third kappa shape index (κ3) is 14.8. The molecular formula is C19H41NO2+. The van der Waals surface area contributed by atoms with E-state index >= 15 is 0 Å². The topological polar surface area (TPSA) is 40.5 Å². The van der Waals surface area contributed by atoms with Gasteiger partial charge in [0, 0.05) is 6.42 Å². The lowest BCUT2D eigenvalue weighted by Crippen LogP contribution is -2.46. The highest BCUT2D eigenvalue weighted by molar-refractivity contribution is 4.72. The first-order chi connectivity index (χ1) is 10.4. The summed E-state index contributed by atoms with van der Waals surface area (Å²) in [6.07, 6.45) is 13.9. The van der Waals surface area contributed by atoms with E-state index in [0.29, 0.717) is 12.5 Å². The van der Waals surface area contributed by atoms with Crippen LogP contribution >= 0.6 is 0 Å². The minimum Gasteiger partial charge on any atom is -0.387 e. The molecule has 0 amide bonds. The Kier molecular flexibility index (Phi) is 13.3. The molecule has 0 bridgehead atoms. The minimum absolute atomic E-state index is 0.325. The standard InChI is InChI=1S/C19H41NO2/c1-5-6-7-8-9-10-11-12-13-14-15-20(3,4)17-19(22)16-18(2)21/h19,21-22H,5-17H2,1-4H3/q+1. The van der Waals surface area contributed by atoms with E-state index in [4.69, 9.17) is 0 Å². The average Bonchev–Trinajstić information content (AvgIpc) is 2.39. The van der Waals surface area contributed by atoms with Gasteiger partial charge in [0.25, 0.3) is 0 Å². The van der Waals surface area contributed by atoms with Crippen molar-refractivity contribution in [2.24, 2.45) is 0 Å². The fraction of sp³-hybridized carbons (Fsp3) is 0.947. The van der Waals surface area contributed by atoms with Gasteiger partial charge in [0.05, 0.1) is 26.7 Å². The Labute approximate surface area is 139 Å². The molecule has 0 rings (SSSR count). The molecular weight excluding hydrogens is 274 g/mol. The second kappa shape index (κ2) is 13.3. The summed E-state index contributed by atoms with van der Waals surface area (Å²) in [6, 6.07) is 0. The molecule has 0 aromatic heterocycles. The maximum Gasteiger partial charge on any atom is 0.106 e.